The van der Waals surface area contributed by atoms with Gasteiger partial charge in [-0.2, -0.15) is 0 Å². The number of nitrogens with zero attached hydrogens (tertiary/aromatic N) is 2. The number of amides is 2. The van der Waals surface area contributed by atoms with Crippen molar-refractivity contribution < 1.29 is 23.8 Å². The molecule has 1 aliphatic heterocycles. The van der Waals surface area contributed by atoms with Gasteiger partial charge in [0.1, 0.15) is 18.1 Å². The zero-order valence-electron chi connectivity index (χ0n) is 22.5. The van der Waals surface area contributed by atoms with E-state index in [1.165, 1.54) is 5.56 Å². The number of rotatable bonds is 6. The second kappa shape index (κ2) is 12.0. The molecule has 2 aromatic carbocycles. The van der Waals surface area contributed by atoms with Crippen molar-refractivity contribution in [1.29, 1.82) is 0 Å². The van der Waals surface area contributed by atoms with E-state index in [1.54, 1.807) is 44.4 Å². The Morgan fingerprint density at radius 3 is 2.46 bits per heavy atom. The van der Waals surface area contributed by atoms with Crippen molar-refractivity contribution >= 4 is 17.5 Å². The van der Waals surface area contributed by atoms with Crippen LogP contribution in [0.4, 0.5) is 5.69 Å². The summed E-state index contributed by atoms with van der Waals surface area (Å²) in [5.74, 6) is 1.45. The first kappa shape index (κ1) is 26.9. The molecule has 2 aromatic rings. The Hall–Kier alpha value is -3.10. The highest BCUT2D eigenvalue weighted by atomic mass is 16.5. The van der Waals surface area contributed by atoms with Gasteiger partial charge in [-0.05, 0) is 61.6 Å². The molecule has 200 valence electrons. The maximum absolute atomic E-state index is 13.5. The van der Waals surface area contributed by atoms with Crippen LogP contribution in [0.3, 0.4) is 0 Å². The van der Waals surface area contributed by atoms with Crippen LogP contribution in [0.15, 0.2) is 42.5 Å². The van der Waals surface area contributed by atoms with Crippen LogP contribution in [0.2, 0.25) is 0 Å². The molecule has 0 spiro atoms. The van der Waals surface area contributed by atoms with Crippen LogP contribution < -0.4 is 14.8 Å². The van der Waals surface area contributed by atoms with Gasteiger partial charge in [0.2, 0.25) is 5.91 Å². The summed E-state index contributed by atoms with van der Waals surface area (Å²) in [5.41, 5.74) is 2.23. The molecular formula is C29H39N3O5. The maximum Gasteiger partial charge on any atom is 0.257 e. The second-order valence-electron chi connectivity index (χ2n) is 10.3. The van der Waals surface area contributed by atoms with Crippen molar-refractivity contribution in [1.82, 2.24) is 9.80 Å². The molecule has 1 heterocycles. The smallest absolute Gasteiger partial charge is 0.257 e. The summed E-state index contributed by atoms with van der Waals surface area (Å²) >= 11 is 0. The van der Waals surface area contributed by atoms with E-state index in [0.29, 0.717) is 30.2 Å². The van der Waals surface area contributed by atoms with Gasteiger partial charge in [0, 0.05) is 51.4 Å². The molecule has 4 rings (SSSR count). The first-order valence-electron chi connectivity index (χ1n) is 13.0. The fourth-order valence-electron chi connectivity index (χ4n) is 4.70. The number of nitrogens with one attached hydrogen (secondary N) is 1. The average molecular weight is 510 g/mol. The summed E-state index contributed by atoms with van der Waals surface area (Å²) in [7, 11) is 5.15. The van der Waals surface area contributed by atoms with Crippen LogP contribution in [0.25, 0.3) is 0 Å². The topological polar surface area (TPSA) is 80.3 Å². The fourth-order valence-corrected chi connectivity index (χ4v) is 4.70. The molecule has 0 aromatic heterocycles. The third-order valence-electron chi connectivity index (χ3n) is 7.33. The highest BCUT2D eigenvalue weighted by Crippen LogP contribution is 2.32. The molecule has 0 radical (unpaired) electrons. The van der Waals surface area contributed by atoms with Crippen molar-refractivity contribution in [3.63, 3.8) is 0 Å². The molecule has 1 N–H and O–H groups in total. The molecule has 37 heavy (non-hydrogen) atoms. The highest BCUT2D eigenvalue weighted by Gasteiger charge is 2.31. The Labute approximate surface area is 219 Å². The maximum atomic E-state index is 13.5. The van der Waals surface area contributed by atoms with Gasteiger partial charge < -0.3 is 24.4 Å². The van der Waals surface area contributed by atoms with Crippen LogP contribution >= 0.6 is 0 Å². The van der Waals surface area contributed by atoms with E-state index in [2.05, 4.69) is 36.2 Å². The molecule has 0 bridgehead atoms. The molecule has 8 heteroatoms. The van der Waals surface area contributed by atoms with Crippen molar-refractivity contribution in [3.8, 4) is 11.5 Å². The Bertz CT molecular complexity index is 1090. The molecule has 1 aliphatic carbocycles. The van der Waals surface area contributed by atoms with Gasteiger partial charge >= 0.3 is 0 Å². The van der Waals surface area contributed by atoms with Gasteiger partial charge in [0.25, 0.3) is 5.91 Å². The normalized spacial score (nSPS) is 23.3. The van der Waals surface area contributed by atoms with Gasteiger partial charge in [-0.3, -0.25) is 14.5 Å². The number of ether oxygens (including phenoxy) is 3. The van der Waals surface area contributed by atoms with Crippen molar-refractivity contribution in [3.05, 3.63) is 53.6 Å². The number of hydrogen-bond acceptors (Lipinski definition) is 6. The highest BCUT2D eigenvalue weighted by molar-refractivity contribution is 6.00. The Morgan fingerprint density at radius 2 is 1.81 bits per heavy atom. The Morgan fingerprint density at radius 1 is 1.08 bits per heavy atom. The first-order valence-corrected chi connectivity index (χ1v) is 13.0. The summed E-state index contributed by atoms with van der Waals surface area (Å²) in [6.45, 7) is 6.70. The van der Waals surface area contributed by atoms with Gasteiger partial charge in [0.05, 0.1) is 18.8 Å². The molecular weight excluding hydrogens is 470 g/mol. The average Bonchev–Trinajstić information content (AvgIpc) is 3.75. The summed E-state index contributed by atoms with van der Waals surface area (Å²) in [6.07, 6.45) is 1.70. The van der Waals surface area contributed by atoms with Gasteiger partial charge in [-0.15, -0.1) is 0 Å². The summed E-state index contributed by atoms with van der Waals surface area (Å²) in [4.78, 5) is 29.9. The number of methoxy groups -OCH3 is 2. The van der Waals surface area contributed by atoms with Gasteiger partial charge in [0.15, 0.2) is 0 Å². The molecule has 2 aliphatic rings. The third-order valence-corrected chi connectivity index (χ3v) is 7.33. The van der Waals surface area contributed by atoms with E-state index < -0.39 is 0 Å². The number of likely N-dealkylation sites (N-methyl/N-ethyl adjacent to an activating group) is 1. The van der Waals surface area contributed by atoms with E-state index in [0.717, 1.165) is 31.7 Å². The minimum atomic E-state index is -0.157. The van der Waals surface area contributed by atoms with Gasteiger partial charge in [-0.25, -0.2) is 0 Å². The Kier molecular flexibility index (Phi) is 8.71. The molecule has 1 fully saturated rings. The van der Waals surface area contributed by atoms with E-state index in [-0.39, 0.29) is 35.8 Å². The van der Waals surface area contributed by atoms with E-state index in [1.807, 2.05) is 12.1 Å². The lowest BCUT2D eigenvalue weighted by atomic mass is 10.0. The monoisotopic (exact) mass is 509 g/mol. The lowest BCUT2D eigenvalue weighted by molar-refractivity contribution is -0.117. The molecule has 1 saturated carbocycles. The van der Waals surface area contributed by atoms with Crippen molar-refractivity contribution in [2.24, 2.45) is 11.8 Å². The molecule has 3 atom stereocenters. The molecule has 0 unspecified atom stereocenters. The first-order chi connectivity index (χ1) is 17.8. The molecule has 2 amide bonds. The predicted molar refractivity (Wildman–Crippen MR) is 143 cm³/mol. The SMILES string of the molecule is COc1ccc(CN2C[C@@H](C)[C@@H](OC)CN(C)C(=O)c3cc(NC(=O)C4CC4)ccc3OC[C@H]2C)cc1. The fraction of sp³-hybridized carbons (Fsp3) is 0.517. The van der Waals surface area contributed by atoms with Crippen LogP contribution in [0.5, 0.6) is 11.5 Å². The van der Waals surface area contributed by atoms with E-state index >= 15 is 0 Å². The van der Waals surface area contributed by atoms with Crippen molar-refractivity contribution in [2.45, 2.75) is 45.4 Å². The lowest BCUT2D eigenvalue weighted by Crippen LogP contribution is -2.46. The number of fused-ring (bicyclic) bond motifs is 1. The van der Waals surface area contributed by atoms with Crippen LogP contribution in [-0.2, 0) is 16.1 Å². The third kappa shape index (κ3) is 6.81. The lowest BCUT2D eigenvalue weighted by Gasteiger charge is -2.36. The summed E-state index contributed by atoms with van der Waals surface area (Å²) in [6, 6.07) is 13.5. The van der Waals surface area contributed by atoms with Crippen LogP contribution in [0, 0.1) is 11.8 Å². The number of anilines is 1. The number of hydrogen-bond donors (Lipinski definition) is 1. The van der Waals surface area contributed by atoms with E-state index in [4.69, 9.17) is 14.2 Å². The van der Waals surface area contributed by atoms with Crippen molar-refractivity contribution in [2.75, 3.05) is 46.3 Å². The summed E-state index contributed by atoms with van der Waals surface area (Å²) < 4.78 is 17.4. The van der Waals surface area contributed by atoms with E-state index in [9.17, 15) is 9.59 Å². The minimum Gasteiger partial charge on any atom is -0.497 e. The van der Waals surface area contributed by atoms with Crippen LogP contribution in [-0.4, -0.2) is 74.7 Å². The number of benzene rings is 2. The predicted octanol–water partition coefficient (Wildman–Crippen LogP) is 4.05. The number of carbonyl (C=O) groups excluding carboxylic acids is 2. The van der Waals surface area contributed by atoms with Crippen LogP contribution in [0.1, 0.15) is 42.6 Å². The largest absolute Gasteiger partial charge is 0.497 e. The standard InChI is InChI=1S/C29H39N3O5/c1-19-15-32(16-21-6-11-24(35-4)12-7-21)20(2)18-37-26-13-10-23(30-28(33)22-8-9-22)14-25(26)29(34)31(3)17-27(19)36-5/h6-7,10-14,19-20,22,27H,8-9,15-18H2,1-5H3,(H,30,33)/t19-,20-,27+/m1/s1. The van der Waals surface area contributed by atoms with Gasteiger partial charge in [-0.1, -0.05) is 19.1 Å². The zero-order chi connectivity index (χ0) is 26.5. The molecule has 0 saturated heterocycles. The minimum absolute atomic E-state index is 0.00546. The molecule has 8 nitrogen and oxygen atoms in total. The Balaban J connectivity index is 1.60. The number of carbonyl (C=O) groups is 2. The zero-order valence-corrected chi connectivity index (χ0v) is 22.5. The quantitative estimate of drug-likeness (QED) is 0.633. The summed E-state index contributed by atoms with van der Waals surface area (Å²) in [5, 5.41) is 2.95. The second-order valence-corrected chi connectivity index (χ2v) is 10.3.